The number of aromatic nitrogens is 2. The second kappa shape index (κ2) is 8.92. The minimum atomic E-state index is -4.31. The summed E-state index contributed by atoms with van der Waals surface area (Å²) in [5, 5.41) is 7.71. The van der Waals surface area contributed by atoms with Gasteiger partial charge in [-0.1, -0.05) is 12.1 Å². The Morgan fingerprint density at radius 2 is 1.89 bits per heavy atom. The first-order valence-corrected chi connectivity index (χ1v) is 8.79. The van der Waals surface area contributed by atoms with Crippen molar-refractivity contribution >= 4 is 5.96 Å². The smallest absolute Gasteiger partial charge is 0.356 e. The molecule has 0 saturated heterocycles. The van der Waals surface area contributed by atoms with Crippen molar-refractivity contribution in [2.24, 2.45) is 4.99 Å². The molecule has 0 unspecified atom stereocenters. The van der Waals surface area contributed by atoms with Crippen LogP contribution in [0.4, 0.5) is 13.2 Å². The van der Waals surface area contributed by atoms with Crippen molar-refractivity contribution in [2.75, 3.05) is 20.6 Å². The van der Waals surface area contributed by atoms with E-state index in [1.54, 1.807) is 7.05 Å². The summed E-state index contributed by atoms with van der Waals surface area (Å²) < 4.78 is 39.9. The largest absolute Gasteiger partial charge is 0.416 e. The van der Waals surface area contributed by atoms with Crippen LogP contribution in [0, 0.1) is 13.8 Å². The average Bonchev–Trinajstić information content (AvgIpc) is 2.92. The molecule has 1 N–H and O–H groups in total. The highest BCUT2D eigenvalue weighted by atomic mass is 19.4. The maximum atomic E-state index is 12.6. The predicted octanol–water partition coefficient (Wildman–Crippen LogP) is 3.62. The molecule has 0 fully saturated rings. The number of rotatable bonds is 6. The Hall–Kier alpha value is -2.51. The van der Waals surface area contributed by atoms with Crippen molar-refractivity contribution in [1.29, 1.82) is 0 Å². The zero-order valence-corrected chi connectivity index (χ0v) is 16.1. The van der Waals surface area contributed by atoms with Crippen LogP contribution in [0.15, 0.2) is 35.3 Å². The van der Waals surface area contributed by atoms with Crippen molar-refractivity contribution < 1.29 is 13.2 Å². The number of nitrogens with zero attached hydrogens (tertiary/aromatic N) is 4. The molecule has 0 radical (unpaired) electrons. The lowest BCUT2D eigenvalue weighted by Gasteiger charge is -2.22. The summed E-state index contributed by atoms with van der Waals surface area (Å²) in [4.78, 5) is 6.12. The van der Waals surface area contributed by atoms with Gasteiger partial charge in [-0.15, -0.1) is 0 Å². The summed E-state index contributed by atoms with van der Waals surface area (Å²) in [6, 6.07) is 7.25. The van der Waals surface area contributed by atoms with E-state index in [-0.39, 0.29) is 0 Å². The van der Waals surface area contributed by atoms with Gasteiger partial charge >= 0.3 is 6.18 Å². The Morgan fingerprint density at radius 3 is 2.41 bits per heavy atom. The second-order valence-corrected chi connectivity index (χ2v) is 6.53. The van der Waals surface area contributed by atoms with Gasteiger partial charge in [0.2, 0.25) is 0 Å². The molecule has 0 aliphatic rings. The first-order valence-electron chi connectivity index (χ1n) is 8.79. The van der Waals surface area contributed by atoms with Gasteiger partial charge in [0.25, 0.3) is 0 Å². The fraction of sp³-hybridized carbons (Fsp3) is 0.474. The SMILES string of the molecule is CN=C(NCCCn1nc(C)cc1C)N(C)Cc1ccc(C(F)(F)F)cc1. The van der Waals surface area contributed by atoms with Crippen LogP contribution in [0.5, 0.6) is 0 Å². The number of halogens is 3. The van der Waals surface area contributed by atoms with Crippen LogP contribution in [-0.4, -0.2) is 41.3 Å². The topological polar surface area (TPSA) is 45.5 Å². The number of nitrogens with one attached hydrogen (secondary N) is 1. The van der Waals surface area contributed by atoms with Crippen molar-refractivity contribution in [3.8, 4) is 0 Å². The zero-order chi connectivity index (χ0) is 20.0. The van der Waals surface area contributed by atoms with E-state index in [0.29, 0.717) is 12.5 Å². The molecule has 148 valence electrons. The van der Waals surface area contributed by atoms with E-state index in [0.717, 1.165) is 48.6 Å². The Balaban J connectivity index is 1.83. The minimum absolute atomic E-state index is 0.468. The monoisotopic (exact) mass is 381 g/mol. The first kappa shape index (κ1) is 20.8. The number of hydrogen-bond acceptors (Lipinski definition) is 2. The van der Waals surface area contributed by atoms with E-state index < -0.39 is 11.7 Å². The molecule has 1 aromatic heterocycles. The van der Waals surface area contributed by atoms with Gasteiger partial charge in [-0.2, -0.15) is 18.3 Å². The quantitative estimate of drug-likeness (QED) is 0.472. The van der Waals surface area contributed by atoms with Gasteiger partial charge in [0, 0.05) is 39.4 Å². The predicted molar refractivity (Wildman–Crippen MR) is 101 cm³/mol. The van der Waals surface area contributed by atoms with Gasteiger partial charge in [0.05, 0.1) is 11.3 Å². The Kier molecular flexibility index (Phi) is 6.87. The van der Waals surface area contributed by atoms with Crippen molar-refractivity contribution in [1.82, 2.24) is 20.0 Å². The number of aliphatic imine (C=N–C) groups is 1. The molecule has 8 heteroatoms. The van der Waals surface area contributed by atoms with Crippen LogP contribution in [0.25, 0.3) is 0 Å². The molecule has 2 rings (SSSR count). The highest BCUT2D eigenvalue weighted by molar-refractivity contribution is 5.79. The summed E-state index contributed by atoms with van der Waals surface area (Å²) in [6.07, 6.45) is -3.43. The van der Waals surface area contributed by atoms with E-state index in [1.807, 2.05) is 36.5 Å². The highest BCUT2D eigenvalue weighted by Crippen LogP contribution is 2.29. The number of guanidine groups is 1. The molecule has 0 amide bonds. The van der Waals surface area contributed by atoms with Gasteiger partial charge in [0.15, 0.2) is 5.96 Å². The molecule has 5 nitrogen and oxygen atoms in total. The normalized spacial score (nSPS) is 12.3. The van der Waals surface area contributed by atoms with Gasteiger partial charge in [0.1, 0.15) is 0 Å². The Morgan fingerprint density at radius 1 is 1.22 bits per heavy atom. The standard InChI is InChI=1S/C19H26F3N5/c1-14-12-15(2)27(25-14)11-5-10-24-18(23-3)26(4)13-16-6-8-17(9-7-16)19(20,21)22/h6-9,12H,5,10-11,13H2,1-4H3,(H,23,24). The van der Waals surface area contributed by atoms with Gasteiger partial charge in [-0.05, 0) is 44.0 Å². The van der Waals surface area contributed by atoms with Gasteiger partial charge < -0.3 is 10.2 Å². The number of benzene rings is 1. The third-order valence-electron chi connectivity index (χ3n) is 4.21. The van der Waals surface area contributed by atoms with Gasteiger partial charge in [-0.25, -0.2) is 0 Å². The first-order chi connectivity index (χ1) is 12.7. The summed E-state index contributed by atoms with van der Waals surface area (Å²) in [7, 11) is 3.54. The van der Waals surface area contributed by atoms with Crippen molar-refractivity contribution in [3.63, 3.8) is 0 Å². The second-order valence-electron chi connectivity index (χ2n) is 6.53. The van der Waals surface area contributed by atoms with E-state index in [9.17, 15) is 13.2 Å². The van der Waals surface area contributed by atoms with Crippen LogP contribution in [-0.2, 0) is 19.3 Å². The summed E-state index contributed by atoms with van der Waals surface area (Å²) in [6.45, 7) is 6.01. The van der Waals surface area contributed by atoms with Crippen LogP contribution >= 0.6 is 0 Å². The molecule has 27 heavy (non-hydrogen) atoms. The molecule has 0 saturated carbocycles. The highest BCUT2D eigenvalue weighted by Gasteiger charge is 2.29. The van der Waals surface area contributed by atoms with Gasteiger partial charge in [-0.3, -0.25) is 9.67 Å². The van der Waals surface area contributed by atoms with E-state index in [1.165, 1.54) is 12.1 Å². The fourth-order valence-electron chi connectivity index (χ4n) is 2.86. The van der Waals surface area contributed by atoms with E-state index in [4.69, 9.17) is 0 Å². The van der Waals surface area contributed by atoms with Crippen LogP contribution < -0.4 is 5.32 Å². The molecule has 0 aliphatic carbocycles. The summed E-state index contributed by atoms with van der Waals surface area (Å²) >= 11 is 0. The molecule has 1 heterocycles. The lowest BCUT2D eigenvalue weighted by Crippen LogP contribution is -2.39. The Bertz CT molecular complexity index is 763. The van der Waals surface area contributed by atoms with E-state index >= 15 is 0 Å². The minimum Gasteiger partial charge on any atom is -0.356 e. The molecule has 0 aliphatic heterocycles. The maximum absolute atomic E-state index is 12.6. The van der Waals surface area contributed by atoms with Crippen LogP contribution in [0.1, 0.15) is 28.9 Å². The number of alkyl halides is 3. The maximum Gasteiger partial charge on any atom is 0.416 e. The Labute approximate surface area is 157 Å². The van der Waals surface area contributed by atoms with Crippen molar-refractivity contribution in [2.45, 2.75) is 39.5 Å². The molecule has 1 aromatic carbocycles. The van der Waals surface area contributed by atoms with Crippen LogP contribution in [0.2, 0.25) is 0 Å². The number of hydrogen-bond donors (Lipinski definition) is 1. The van der Waals surface area contributed by atoms with Crippen molar-refractivity contribution in [3.05, 3.63) is 52.8 Å². The summed E-state index contributed by atoms with van der Waals surface area (Å²) in [5.41, 5.74) is 2.29. The summed E-state index contributed by atoms with van der Waals surface area (Å²) in [5.74, 6) is 0.697. The molecule has 0 spiro atoms. The zero-order valence-electron chi connectivity index (χ0n) is 16.1. The third kappa shape index (κ3) is 6.01. The fourth-order valence-corrected chi connectivity index (χ4v) is 2.86. The molecule has 2 aromatic rings. The van der Waals surface area contributed by atoms with E-state index in [2.05, 4.69) is 15.4 Å². The molecule has 0 atom stereocenters. The lowest BCUT2D eigenvalue weighted by molar-refractivity contribution is -0.137. The molecule has 0 bridgehead atoms. The third-order valence-corrected chi connectivity index (χ3v) is 4.21. The van der Waals surface area contributed by atoms with Crippen LogP contribution in [0.3, 0.4) is 0 Å². The number of aryl methyl sites for hydroxylation is 3. The average molecular weight is 381 g/mol. The molecular formula is C19H26F3N5. The lowest BCUT2D eigenvalue weighted by atomic mass is 10.1. The molecular weight excluding hydrogens is 355 g/mol.